The second-order valence-corrected chi connectivity index (χ2v) is 7.88. The Labute approximate surface area is 133 Å². The molecule has 0 heterocycles. The van der Waals surface area contributed by atoms with Crippen LogP contribution in [-0.2, 0) is 11.2 Å². The Balaban J connectivity index is 1.63. The van der Waals surface area contributed by atoms with E-state index in [4.69, 9.17) is 0 Å². The van der Waals surface area contributed by atoms with Crippen molar-refractivity contribution in [3.05, 3.63) is 35.9 Å². The zero-order chi connectivity index (χ0) is 16.0. The van der Waals surface area contributed by atoms with Crippen LogP contribution in [0.3, 0.4) is 0 Å². The standard InChI is InChI=1S/C19H27NO2/c1-18(2)14-9-10-19(18,3)16(12-14)20-17(22)15(21)11-13-7-5-4-6-8-13/h4-8,14-16,21H,9-12H2,1-3H3,(H,20,22)/t14?,15-,16?,19?/m0/s1. The van der Waals surface area contributed by atoms with Crippen LogP contribution in [0.4, 0.5) is 0 Å². The lowest BCUT2D eigenvalue weighted by Gasteiger charge is -2.39. The summed E-state index contributed by atoms with van der Waals surface area (Å²) in [6.45, 7) is 6.96. The number of benzene rings is 1. The zero-order valence-electron chi connectivity index (χ0n) is 13.8. The van der Waals surface area contributed by atoms with Gasteiger partial charge in [-0.3, -0.25) is 4.79 Å². The lowest BCUT2D eigenvalue weighted by molar-refractivity contribution is -0.131. The van der Waals surface area contributed by atoms with E-state index in [9.17, 15) is 9.90 Å². The molecule has 2 bridgehead atoms. The van der Waals surface area contributed by atoms with Crippen molar-refractivity contribution in [1.82, 2.24) is 5.32 Å². The molecule has 2 saturated carbocycles. The van der Waals surface area contributed by atoms with E-state index in [1.165, 1.54) is 12.8 Å². The summed E-state index contributed by atoms with van der Waals surface area (Å²) in [5.41, 5.74) is 1.42. The quantitative estimate of drug-likeness (QED) is 0.898. The minimum absolute atomic E-state index is 0.153. The Kier molecular flexibility index (Phi) is 3.80. The number of carbonyl (C=O) groups is 1. The summed E-state index contributed by atoms with van der Waals surface area (Å²) in [7, 11) is 0. The minimum Gasteiger partial charge on any atom is -0.383 e. The first-order valence-electron chi connectivity index (χ1n) is 8.37. The maximum absolute atomic E-state index is 12.4. The third kappa shape index (κ3) is 2.36. The Bertz CT molecular complexity index is 554. The predicted molar refractivity (Wildman–Crippen MR) is 87.3 cm³/mol. The van der Waals surface area contributed by atoms with Crippen LogP contribution < -0.4 is 5.32 Å². The third-order valence-electron chi connectivity index (χ3n) is 6.69. The van der Waals surface area contributed by atoms with Gasteiger partial charge in [0.25, 0.3) is 0 Å². The van der Waals surface area contributed by atoms with Crippen molar-refractivity contribution in [2.75, 3.05) is 0 Å². The fraction of sp³-hybridized carbons (Fsp3) is 0.632. The monoisotopic (exact) mass is 301 g/mol. The lowest BCUT2D eigenvalue weighted by Crippen LogP contribution is -2.50. The van der Waals surface area contributed by atoms with Gasteiger partial charge < -0.3 is 10.4 Å². The van der Waals surface area contributed by atoms with E-state index in [-0.39, 0.29) is 22.8 Å². The molecule has 1 aromatic carbocycles. The van der Waals surface area contributed by atoms with E-state index in [1.54, 1.807) is 0 Å². The molecule has 2 fully saturated rings. The molecule has 0 aromatic heterocycles. The molecule has 4 atom stereocenters. The SMILES string of the molecule is CC1(C)C2CCC1(C)C(NC(=O)[C@@H](O)Cc1ccccc1)C2. The van der Waals surface area contributed by atoms with Gasteiger partial charge in [0.1, 0.15) is 6.10 Å². The summed E-state index contributed by atoms with van der Waals surface area (Å²) in [4.78, 5) is 12.4. The maximum Gasteiger partial charge on any atom is 0.249 e. The highest BCUT2D eigenvalue weighted by molar-refractivity contribution is 5.81. The van der Waals surface area contributed by atoms with Crippen LogP contribution in [0.15, 0.2) is 30.3 Å². The van der Waals surface area contributed by atoms with E-state index in [2.05, 4.69) is 26.1 Å². The van der Waals surface area contributed by atoms with Gasteiger partial charge >= 0.3 is 0 Å². The van der Waals surface area contributed by atoms with Gasteiger partial charge in [-0.05, 0) is 41.6 Å². The molecule has 1 amide bonds. The van der Waals surface area contributed by atoms with Crippen molar-refractivity contribution < 1.29 is 9.90 Å². The highest BCUT2D eigenvalue weighted by atomic mass is 16.3. The average Bonchev–Trinajstić information content (AvgIpc) is 2.81. The molecule has 2 aliphatic rings. The molecule has 120 valence electrons. The van der Waals surface area contributed by atoms with Gasteiger partial charge in [0.05, 0.1) is 0 Å². The third-order valence-corrected chi connectivity index (χ3v) is 6.69. The van der Waals surface area contributed by atoms with Crippen LogP contribution >= 0.6 is 0 Å². The van der Waals surface area contributed by atoms with Gasteiger partial charge in [0, 0.05) is 12.5 Å². The molecule has 3 nitrogen and oxygen atoms in total. The van der Waals surface area contributed by atoms with Crippen molar-refractivity contribution in [2.24, 2.45) is 16.7 Å². The smallest absolute Gasteiger partial charge is 0.249 e. The number of fused-ring (bicyclic) bond motifs is 2. The highest BCUT2D eigenvalue weighted by Gasteiger charge is 2.61. The predicted octanol–water partition coefficient (Wildman–Crippen LogP) is 2.92. The molecular weight excluding hydrogens is 274 g/mol. The Morgan fingerprint density at radius 3 is 2.55 bits per heavy atom. The van der Waals surface area contributed by atoms with Crippen LogP contribution in [-0.4, -0.2) is 23.2 Å². The van der Waals surface area contributed by atoms with Crippen LogP contribution in [0.5, 0.6) is 0 Å². The molecule has 22 heavy (non-hydrogen) atoms. The summed E-state index contributed by atoms with van der Waals surface area (Å²) in [5, 5.41) is 13.3. The number of rotatable bonds is 4. The summed E-state index contributed by atoms with van der Waals surface area (Å²) >= 11 is 0. The summed E-state index contributed by atoms with van der Waals surface area (Å²) in [6.07, 6.45) is 2.90. The molecule has 0 spiro atoms. The van der Waals surface area contributed by atoms with Crippen molar-refractivity contribution in [3.63, 3.8) is 0 Å². The summed E-state index contributed by atoms with van der Waals surface area (Å²) in [5.74, 6) is 0.465. The average molecular weight is 301 g/mol. The normalized spacial score (nSPS) is 33.6. The van der Waals surface area contributed by atoms with E-state index in [0.717, 1.165) is 12.0 Å². The highest BCUT2D eigenvalue weighted by Crippen LogP contribution is 2.65. The summed E-state index contributed by atoms with van der Waals surface area (Å²) < 4.78 is 0. The van der Waals surface area contributed by atoms with Crippen LogP contribution in [0.1, 0.15) is 45.6 Å². The van der Waals surface area contributed by atoms with E-state index >= 15 is 0 Å². The van der Waals surface area contributed by atoms with Crippen molar-refractivity contribution in [1.29, 1.82) is 0 Å². The molecule has 0 saturated heterocycles. The van der Waals surface area contributed by atoms with Gasteiger partial charge in [-0.2, -0.15) is 0 Å². The lowest BCUT2D eigenvalue weighted by atomic mass is 9.69. The van der Waals surface area contributed by atoms with Gasteiger partial charge in [-0.15, -0.1) is 0 Å². The fourth-order valence-electron chi connectivity index (χ4n) is 4.62. The Morgan fingerprint density at radius 1 is 1.32 bits per heavy atom. The fourth-order valence-corrected chi connectivity index (χ4v) is 4.62. The first kappa shape index (κ1) is 15.5. The van der Waals surface area contributed by atoms with E-state index in [1.807, 2.05) is 30.3 Å². The first-order chi connectivity index (χ1) is 10.3. The molecule has 2 aliphatic carbocycles. The molecule has 2 N–H and O–H groups in total. The zero-order valence-corrected chi connectivity index (χ0v) is 13.8. The Morgan fingerprint density at radius 2 is 2.00 bits per heavy atom. The maximum atomic E-state index is 12.4. The van der Waals surface area contributed by atoms with Gasteiger partial charge in [-0.25, -0.2) is 0 Å². The number of amides is 1. The summed E-state index contributed by atoms with van der Waals surface area (Å²) in [6, 6.07) is 9.88. The second-order valence-electron chi connectivity index (χ2n) is 7.88. The van der Waals surface area contributed by atoms with E-state index < -0.39 is 6.10 Å². The molecule has 0 radical (unpaired) electrons. The first-order valence-corrected chi connectivity index (χ1v) is 8.37. The minimum atomic E-state index is -0.965. The van der Waals surface area contributed by atoms with Gasteiger partial charge in [-0.1, -0.05) is 51.1 Å². The molecule has 3 heteroatoms. The largest absolute Gasteiger partial charge is 0.383 e. The molecule has 3 unspecified atom stereocenters. The van der Waals surface area contributed by atoms with Gasteiger partial charge in [0.15, 0.2) is 0 Å². The molecule has 3 rings (SSSR count). The number of hydrogen-bond donors (Lipinski definition) is 2. The topological polar surface area (TPSA) is 49.3 Å². The van der Waals surface area contributed by atoms with Crippen molar-refractivity contribution >= 4 is 5.91 Å². The van der Waals surface area contributed by atoms with Crippen LogP contribution in [0.2, 0.25) is 0 Å². The number of aliphatic hydroxyl groups is 1. The van der Waals surface area contributed by atoms with Crippen LogP contribution in [0, 0.1) is 16.7 Å². The van der Waals surface area contributed by atoms with E-state index in [0.29, 0.717) is 12.3 Å². The second kappa shape index (κ2) is 5.38. The number of hydrogen-bond acceptors (Lipinski definition) is 2. The van der Waals surface area contributed by atoms with Gasteiger partial charge in [0.2, 0.25) is 5.91 Å². The Hall–Kier alpha value is -1.35. The molecule has 0 aliphatic heterocycles. The number of nitrogens with one attached hydrogen (secondary N) is 1. The van der Waals surface area contributed by atoms with Crippen molar-refractivity contribution in [3.8, 4) is 0 Å². The molecule has 1 aromatic rings. The number of aliphatic hydroxyl groups excluding tert-OH is 1. The molecular formula is C19H27NO2. The number of carbonyl (C=O) groups excluding carboxylic acids is 1. The van der Waals surface area contributed by atoms with Crippen LogP contribution in [0.25, 0.3) is 0 Å². The van der Waals surface area contributed by atoms with Crippen molar-refractivity contribution in [2.45, 2.75) is 58.6 Å².